The number of likely N-dealkylation sites (tertiary alicyclic amines) is 1. The third-order valence-electron chi connectivity index (χ3n) is 3.37. The first kappa shape index (κ1) is 11.9. The number of hydrogen-bond acceptors (Lipinski definition) is 3. The van der Waals surface area contributed by atoms with Crippen LogP contribution in [0.3, 0.4) is 0 Å². The molecule has 1 aliphatic rings. The Bertz CT molecular complexity index is 323. The van der Waals surface area contributed by atoms with Gasteiger partial charge in [-0.25, -0.2) is 4.98 Å². The lowest BCUT2D eigenvalue weighted by atomic mass is 9.96. The van der Waals surface area contributed by atoms with Crippen LogP contribution >= 0.6 is 11.8 Å². The summed E-state index contributed by atoms with van der Waals surface area (Å²) in [5.41, 5.74) is 1.39. The van der Waals surface area contributed by atoms with Gasteiger partial charge in [-0.3, -0.25) is 4.90 Å². The molecular formula is C13H20N2S. The second-order valence-electron chi connectivity index (χ2n) is 4.27. The van der Waals surface area contributed by atoms with Gasteiger partial charge < -0.3 is 0 Å². The largest absolute Gasteiger partial charge is 0.297 e. The van der Waals surface area contributed by atoms with Crippen LogP contribution in [0.25, 0.3) is 0 Å². The van der Waals surface area contributed by atoms with Crippen LogP contribution in [0.2, 0.25) is 0 Å². The summed E-state index contributed by atoms with van der Waals surface area (Å²) in [7, 11) is 0. The van der Waals surface area contributed by atoms with Gasteiger partial charge >= 0.3 is 0 Å². The van der Waals surface area contributed by atoms with Crippen molar-refractivity contribution in [3.8, 4) is 0 Å². The molecule has 0 N–H and O–H groups in total. The fraction of sp³-hybridized carbons (Fsp3) is 0.615. The van der Waals surface area contributed by atoms with Crippen molar-refractivity contribution in [3.63, 3.8) is 0 Å². The van der Waals surface area contributed by atoms with Crippen molar-refractivity contribution in [1.29, 1.82) is 0 Å². The van der Waals surface area contributed by atoms with Crippen molar-refractivity contribution in [3.05, 3.63) is 23.9 Å². The third kappa shape index (κ3) is 2.58. The molecule has 0 saturated carbocycles. The molecule has 3 heteroatoms. The second kappa shape index (κ2) is 5.69. The minimum atomic E-state index is 0.599. The molecule has 1 saturated heterocycles. The van der Waals surface area contributed by atoms with Crippen molar-refractivity contribution >= 4 is 11.8 Å². The van der Waals surface area contributed by atoms with Gasteiger partial charge in [-0.15, -0.1) is 11.8 Å². The summed E-state index contributed by atoms with van der Waals surface area (Å²) in [5.74, 6) is 0. The Balaban J connectivity index is 2.14. The van der Waals surface area contributed by atoms with Gasteiger partial charge in [0.15, 0.2) is 0 Å². The van der Waals surface area contributed by atoms with Gasteiger partial charge in [0.2, 0.25) is 0 Å². The Labute approximate surface area is 102 Å². The molecule has 88 valence electrons. The summed E-state index contributed by atoms with van der Waals surface area (Å²) in [4.78, 5) is 7.05. The van der Waals surface area contributed by atoms with Crippen LogP contribution in [-0.4, -0.2) is 29.2 Å². The van der Waals surface area contributed by atoms with Crippen LogP contribution in [0.5, 0.6) is 0 Å². The molecule has 2 nitrogen and oxygen atoms in total. The molecule has 0 aliphatic carbocycles. The monoisotopic (exact) mass is 236 g/mol. The zero-order valence-electron chi connectivity index (χ0n) is 10.1. The third-order valence-corrected chi connectivity index (χ3v) is 4.03. The lowest BCUT2D eigenvalue weighted by Crippen LogP contribution is -2.33. The Morgan fingerprint density at radius 2 is 2.31 bits per heavy atom. The minimum Gasteiger partial charge on any atom is -0.297 e. The van der Waals surface area contributed by atoms with Crippen molar-refractivity contribution in [2.75, 3.05) is 19.3 Å². The summed E-state index contributed by atoms with van der Waals surface area (Å²) in [6.45, 7) is 4.64. The van der Waals surface area contributed by atoms with Crippen LogP contribution in [0, 0.1) is 0 Å². The summed E-state index contributed by atoms with van der Waals surface area (Å²) < 4.78 is 0. The molecule has 0 spiro atoms. The van der Waals surface area contributed by atoms with E-state index in [1.165, 1.54) is 31.4 Å². The fourth-order valence-corrected chi connectivity index (χ4v) is 2.82. The lowest BCUT2D eigenvalue weighted by Gasteiger charge is -2.35. The molecule has 1 fully saturated rings. The molecule has 0 radical (unpaired) electrons. The highest BCUT2D eigenvalue weighted by molar-refractivity contribution is 7.98. The van der Waals surface area contributed by atoms with E-state index in [1.807, 2.05) is 0 Å². The predicted octanol–water partition coefficient (Wildman–Crippen LogP) is 3.35. The molecule has 1 unspecified atom stereocenters. The Hall–Kier alpha value is -0.540. The first-order valence-corrected chi connectivity index (χ1v) is 7.31. The van der Waals surface area contributed by atoms with Crippen LogP contribution in [-0.2, 0) is 0 Å². The van der Waals surface area contributed by atoms with Crippen molar-refractivity contribution in [2.45, 2.75) is 37.3 Å². The number of nitrogens with zero attached hydrogens (tertiary/aromatic N) is 2. The molecule has 1 aromatic rings. The average molecular weight is 236 g/mol. The lowest BCUT2D eigenvalue weighted by molar-refractivity contribution is 0.157. The van der Waals surface area contributed by atoms with Gasteiger partial charge in [-0.1, -0.05) is 19.4 Å². The SMILES string of the molecule is CCN1CCCCC1c1ccc(SC)nc1. The molecule has 16 heavy (non-hydrogen) atoms. The summed E-state index contributed by atoms with van der Waals surface area (Å²) >= 11 is 1.71. The van der Waals surface area contributed by atoms with E-state index < -0.39 is 0 Å². The highest BCUT2D eigenvalue weighted by atomic mass is 32.2. The van der Waals surface area contributed by atoms with Crippen LogP contribution in [0.4, 0.5) is 0 Å². The number of rotatable bonds is 3. The number of pyridine rings is 1. The quantitative estimate of drug-likeness (QED) is 0.749. The van der Waals surface area contributed by atoms with Gasteiger partial charge in [-0.2, -0.15) is 0 Å². The maximum atomic E-state index is 4.48. The minimum absolute atomic E-state index is 0.599. The fourth-order valence-electron chi connectivity index (χ4n) is 2.46. The maximum Gasteiger partial charge on any atom is 0.0957 e. The van der Waals surface area contributed by atoms with Gasteiger partial charge in [0, 0.05) is 12.2 Å². The molecule has 0 bridgehead atoms. The number of thioether (sulfide) groups is 1. The number of piperidine rings is 1. The second-order valence-corrected chi connectivity index (χ2v) is 5.10. The van der Waals surface area contributed by atoms with Crippen molar-refractivity contribution < 1.29 is 0 Å². The highest BCUT2D eigenvalue weighted by Gasteiger charge is 2.22. The first-order valence-electron chi connectivity index (χ1n) is 6.09. The van der Waals surface area contributed by atoms with Gasteiger partial charge in [-0.05, 0) is 43.8 Å². The Morgan fingerprint density at radius 1 is 1.44 bits per heavy atom. The van der Waals surface area contributed by atoms with Crippen LogP contribution in [0.15, 0.2) is 23.4 Å². The molecule has 1 atom stereocenters. The molecular weight excluding hydrogens is 216 g/mol. The van der Waals surface area contributed by atoms with E-state index in [0.717, 1.165) is 11.6 Å². The molecule has 1 aromatic heterocycles. The smallest absolute Gasteiger partial charge is 0.0957 e. The summed E-state index contributed by atoms with van der Waals surface area (Å²) in [6, 6.07) is 4.99. The average Bonchev–Trinajstić information content (AvgIpc) is 2.39. The van der Waals surface area contributed by atoms with E-state index in [-0.39, 0.29) is 0 Å². The zero-order chi connectivity index (χ0) is 11.4. The molecule has 0 amide bonds. The standard InChI is InChI=1S/C13H20N2S/c1-3-15-9-5-4-6-12(15)11-7-8-13(16-2)14-10-11/h7-8,10,12H,3-6,9H2,1-2H3. The normalized spacial score (nSPS) is 22.2. The van der Waals surface area contributed by atoms with Gasteiger partial charge in [0.05, 0.1) is 5.03 Å². The Kier molecular flexibility index (Phi) is 4.24. The number of hydrogen-bond donors (Lipinski definition) is 0. The van der Waals surface area contributed by atoms with E-state index in [9.17, 15) is 0 Å². The van der Waals surface area contributed by atoms with Crippen LogP contribution in [0.1, 0.15) is 37.8 Å². The zero-order valence-corrected chi connectivity index (χ0v) is 11.0. The van der Waals surface area contributed by atoms with E-state index in [0.29, 0.717) is 6.04 Å². The number of aromatic nitrogens is 1. The van der Waals surface area contributed by atoms with Gasteiger partial charge in [0.25, 0.3) is 0 Å². The molecule has 0 aromatic carbocycles. The molecule has 2 heterocycles. The van der Waals surface area contributed by atoms with Crippen molar-refractivity contribution in [2.24, 2.45) is 0 Å². The predicted molar refractivity (Wildman–Crippen MR) is 69.9 cm³/mol. The van der Waals surface area contributed by atoms with E-state index in [4.69, 9.17) is 0 Å². The maximum absolute atomic E-state index is 4.48. The molecule has 1 aliphatic heterocycles. The van der Waals surface area contributed by atoms with E-state index in [2.05, 4.69) is 41.4 Å². The summed E-state index contributed by atoms with van der Waals surface area (Å²) in [5, 5.41) is 1.11. The summed E-state index contributed by atoms with van der Waals surface area (Å²) in [6.07, 6.45) is 8.12. The van der Waals surface area contributed by atoms with Gasteiger partial charge in [0.1, 0.15) is 0 Å². The Morgan fingerprint density at radius 3 is 2.94 bits per heavy atom. The molecule has 2 rings (SSSR count). The topological polar surface area (TPSA) is 16.1 Å². The van der Waals surface area contributed by atoms with E-state index >= 15 is 0 Å². The van der Waals surface area contributed by atoms with Crippen molar-refractivity contribution in [1.82, 2.24) is 9.88 Å². The first-order chi connectivity index (χ1) is 7.85. The highest BCUT2D eigenvalue weighted by Crippen LogP contribution is 2.30. The van der Waals surface area contributed by atoms with E-state index in [1.54, 1.807) is 11.8 Å². The van der Waals surface area contributed by atoms with Crippen LogP contribution < -0.4 is 0 Å².